The minimum absolute atomic E-state index is 0.00292. The second-order valence-corrected chi connectivity index (χ2v) is 8.11. The number of amides is 1. The van der Waals surface area contributed by atoms with Crippen molar-refractivity contribution in [2.75, 3.05) is 12.4 Å². The molecule has 0 radical (unpaired) electrons. The second-order valence-electron chi connectivity index (χ2n) is 5.83. The Morgan fingerprint density at radius 2 is 1.78 bits per heavy atom. The SMILES string of the molecule is CCS(=O)(=O)c1cccc(CC(=O)NCc2cccc(OCC(=O)O)c2)c1. The molecule has 27 heavy (non-hydrogen) atoms. The van der Waals surface area contributed by atoms with E-state index in [0.29, 0.717) is 11.3 Å². The lowest BCUT2D eigenvalue weighted by Crippen LogP contribution is -2.24. The monoisotopic (exact) mass is 391 g/mol. The number of carbonyl (C=O) groups excluding carboxylic acids is 1. The summed E-state index contributed by atoms with van der Waals surface area (Å²) in [6.07, 6.45) is 0.0578. The van der Waals surface area contributed by atoms with Crippen molar-refractivity contribution in [2.24, 2.45) is 0 Å². The molecule has 0 aliphatic rings. The number of hydrogen-bond donors (Lipinski definition) is 2. The van der Waals surface area contributed by atoms with Gasteiger partial charge in [-0.05, 0) is 35.4 Å². The van der Waals surface area contributed by atoms with Crippen LogP contribution in [0.15, 0.2) is 53.4 Å². The van der Waals surface area contributed by atoms with Crippen LogP contribution in [0, 0.1) is 0 Å². The Morgan fingerprint density at radius 3 is 2.48 bits per heavy atom. The summed E-state index contributed by atoms with van der Waals surface area (Å²) < 4.78 is 29.0. The van der Waals surface area contributed by atoms with E-state index in [1.165, 1.54) is 12.1 Å². The predicted molar refractivity (Wildman–Crippen MR) is 99.3 cm³/mol. The number of benzene rings is 2. The largest absolute Gasteiger partial charge is 0.482 e. The van der Waals surface area contributed by atoms with Crippen molar-refractivity contribution in [3.8, 4) is 5.75 Å². The summed E-state index contributed by atoms with van der Waals surface area (Å²) in [4.78, 5) is 22.9. The van der Waals surface area contributed by atoms with Gasteiger partial charge in [0.2, 0.25) is 5.91 Å². The van der Waals surface area contributed by atoms with E-state index in [2.05, 4.69) is 5.32 Å². The quantitative estimate of drug-likeness (QED) is 0.675. The third kappa shape index (κ3) is 6.41. The van der Waals surface area contributed by atoms with Gasteiger partial charge in [-0.15, -0.1) is 0 Å². The van der Waals surface area contributed by atoms with E-state index in [-0.39, 0.29) is 29.5 Å². The molecule has 0 atom stereocenters. The molecule has 2 rings (SSSR count). The highest BCUT2D eigenvalue weighted by Crippen LogP contribution is 2.15. The molecule has 2 aromatic carbocycles. The normalized spacial score (nSPS) is 11.0. The number of sulfone groups is 1. The zero-order valence-electron chi connectivity index (χ0n) is 14.8. The molecule has 0 bridgehead atoms. The predicted octanol–water partition coefficient (Wildman–Crippen LogP) is 1.80. The highest BCUT2D eigenvalue weighted by atomic mass is 32.2. The molecular weight excluding hydrogens is 370 g/mol. The number of ether oxygens (including phenoxy) is 1. The third-order valence-corrected chi connectivity index (χ3v) is 5.48. The number of carbonyl (C=O) groups is 2. The maximum absolute atomic E-state index is 12.1. The van der Waals surface area contributed by atoms with Crippen molar-refractivity contribution < 1.29 is 27.9 Å². The molecular formula is C19H21NO6S. The van der Waals surface area contributed by atoms with Gasteiger partial charge in [-0.3, -0.25) is 4.79 Å². The lowest BCUT2D eigenvalue weighted by Gasteiger charge is -2.09. The Balaban J connectivity index is 1.94. The van der Waals surface area contributed by atoms with Crippen molar-refractivity contribution in [1.29, 1.82) is 0 Å². The van der Waals surface area contributed by atoms with Gasteiger partial charge >= 0.3 is 5.97 Å². The summed E-state index contributed by atoms with van der Waals surface area (Å²) >= 11 is 0. The Morgan fingerprint density at radius 1 is 1.07 bits per heavy atom. The molecule has 144 valence electrons. The van der Waals surface area contributed by atoms with Gasteiger partial charge in [-0.25, -0.2) is 13.2 Å². The topological polar surface area (TPSA) is 110 Å². The number of hydrogen-bond acceptors (Lipinski definition) is 5. The average Bonchev–Trinajstić information content (AvgIpc) is 2.65. The molecule has 8 heteroatoms. The van der Waals surface area contributed by atoms with Crippen LogP contribution in [0.1, 0.15) is 18.1 Å². The van der Waals surface area contributed by atoms with Crippen LogP contribution in [0.5, 0.6) is 5.75 Å². The van der Waals surface area contributed by atoms with E-state index in [9.17, 15) is 18.0 Å². The van der Waals surface area contributed by atoms with E-state index in [1.807, 2.05) is 0 Å². The average molecular weight is 391 g/mol. The van der Waals surface area contributed by atoms with Crippen LogP contribution in [-0.2, 0) is 32.4 Å². The number of aliphatic carboxylic acids is 1. The van der Waals surface area contributed by atoms with Gasteiger partial charge in [0.1, 0.15) is 5.75 Å². The van der Waals surface area contributed by atoms with Crippen LogP contribution in [0.3, 0.4) is 0 Å². The van der Waals surface area contributed by atoms with Crippen LogP contribution in [0.25, 0.3) is 0 Å². The summed E-state index contributed by atoms with van der Waals surface area (Å²) in [5.74, 6) is -0.913. The molecule has 0 saturated carbocycles. The Kier molecular flexibility index (Phi) is 6.95. The number of carboxylic acids is 1. The summed E-state index contributed by atoms with van der Waals surface area (Å²) in [6, 6.07) is 13.1. The number of carboxylic acid groups (broad SMARTS) is 1. The smallest absolute Gasteiger partial charge is 0.341 e. The first-order chi connectivity index (χ1) is 12.8. The maximum atomic E-state index is 12.1. The Bertz CT molecular complexity index is 923. The van der Waals surface area contributed by atoms with Gasteiger partial charge in [0, 0.05) is 6.54 Å². The van der Waals surface area contributed by atoms with Crippen LogP contribution >= 0.6 is 0 Å². The maximum Gasteiger partial charge on any atom is 0.341 e. The van der Waals surface area contributed by atoms with Crippen LogP contribution in [0.4, 0.5) is 0 Å². The highest BCUT2D eigenvalue weighted by molar-refractivity contribution is 7.91. The third-order valence-electron chi connectivity index (χ3n) is 3.75. The first-order valence-corrected chi connectivity index (χ1v) is 9.97. The molecule has 1 amide bonds. The second kappa shape index (κ2) is 9.18. The minimum atomic E-state index is -3.32. The Labute approximate surface area is 157 Å². The van der Waals surface area contributed by atoms with Crippen LogP contribution in [-0.4, -0.2) is 37.8 Å². The number of rotatable bonds is 9. The summed E-state index contributed by atoms with van der Waals surface area (Å²) in [5.41, 5.74) is 1.37. The van der Waals surface area contributed by atoms with Gasteiger partial charge < -0.3 is 15.2 Å². The van der Waals surface area contributed by atoms with Crippen LogP contribution in [0.2, 0.25) is 0 Å². The first-order valence-electron chi connectivity index (χ1n) is 8.32. The standard InChI is InChI=1S/C19H21NO6S/c1-2-27(24,25)17-8-4-5-14(10-17)11-18(21)20-12-15-6-3-7-16(9-15)26-13-19(22)23/h3-10H,2,11-13H2,1H3,(H,20,21)(H,22,23). The zero-order valence-corrected chi connectivity index (χ0v) is 15.7. The molecule has 0 aliphatic heterocycles. The molecule has 0 aliphatic carbocycles. The Hall–Kier alpha value is -2.87. The van der Waals surface area contributed by atoms with Crippen molar-refractivity contribution in [1.82, 2.24) is 5.32 Å². The number of nitrogens with one attached hydrogen (secondary N) is 1. The molecule has 0 fully saturated rings. The zero-order chi connectivity index (χ0) is 19.9. The van der Waals surface area contributed by atoms with E-state index >= 15 is 0 Å². The molecule has 2 N–H and O–H groups in total. The first kappa shape index (κ1) is 20.4. The van der Waals surface area contributed by atoms with Gasteiger partial charge in [-0.1, -0.05) is 31.2 Å². The van der Waals surface area contributed by atoms with Gasteiger partial charge in [0.25, 0.3) is 0 Å². The lowest BCUT2D eigenvalue weighted by atomic mass is 10.1. The van der Waals surface area contributed by atoms with Gasteiger partial charge in [0.15, 0.2) is 16.4 Å². The van der Waals surface area contributed by atoms with Crippen molar-refractivity contribution in [2.45, 2.75) is 24.8 Å². The molecule has 2 aromatic rings. The van der Waals surface area contributed by atoms with Gasteiger partial charge in [0.05, 0.1) is 17.1 Å². The van der Waals surface area contributed by atoms with Crippen molar-refractivity contribution in [3.05, 3.63) is 59.7 Å². The molecule has 0 saturated heterocycles. The highest BCUT2D eigenvalue weighted by Gasteiger charge is 2.13. The fourth-order valence-electron chi connectivity index (χ4n) is 2.35. The molecule has 0 unspecified atom stereocenters. The fourth-order valence-corrected chi connectivity index (χ4v) is 3.30. The van der Waals surface area contributed by atoms with E-state index in [4.69, 9.17) is 9.84 Å². The van der Waals surface area contributed by atoms with Crippen molar-refractivity contribution >= 4 is 21.7 Å². The minimum Gasteiger partial charge on any atom is -0.482 e. The van der Waals surface area contributed by atoms with E-state index in [0.717, 1.165) is 5.56 Å². The van der Waals surface area contributed by atoms with E-state index in [1.54, 1.807) is 43.3 Å². The van der Waals surface area contributed by atoms with E-state index < -0.39 is 22.4 Å². The van der Waals surface area contributed by atoms with Crippen LogP contribution < -0.4 is 10.1 Å². The fraction of sp³-hybridized carbons (Fsp3) is 0.263. The van der Waals surface area contributed by atoms with Crippen molar-refractivity contribution in [3.63, 3.8) is 0 Å². The van der Waals surface area contributed by atoms with Gasteiger partial charge in [-0.2, -0.15) is 0 Å². The molecule has 0 heterocycles. The lowest BCUT2D eigenvalue weighted by molar-refractivity contribution is -0.139. The molecule has 0 aromatic heterocycles. The summed E-state index contributed by atoms with van der Waals surface area (Å²) in [5, 5.41) is 11.4. The molecule has 7 nitrogen and oxygen atoms in total. The summed E-state index contributed by atoms with van der Waals surface area (Å²) in [6.45, 7) is 1.38. The summed E-state index contributed by atoms with van der Waals surface area (Å²) in [7, 11) is -3.32. The molecule has 0 spiro atoms.